The second-order valence-electron chi connectivity index (χ2n) is 8.85. The molecule has 2 aromatic heterocycles. The number of aromatic nitrogens is 3. The lowest BCUT2D eigenvalue weighted by Crippen LogP contribution is -2.50. The fourth-order valence-electron chi connectivity index (χ4n) is 4.24. The first-order valence-corrected chi connectivity index (χ1v) is 12.4. The zero-order valence-electron chi connectivity index (χ0n) is 20.3. The average molecular weight is 555 g/mol. The number of carbonyl (C=O) groups is 2. The summed E-state index contributed by atoms with van der Waals surface area (Å²) in [5, 5.41) is 12.3. The van der Waals surface area contributed by atoms with Crippen LogP contribution in [0.1, 0.15) is 27.3 Å². The van der Waals surface area contributed by atoms with Gasteiger partial charge in [-0.05, 0) is 49.4 Å². The van der Waals surface area contributed by atoms with Gasteiger partial charge in [-0.1, -0.05) is 29.8 Å². The lowest BCUT2D eigenvalue weighted by atomic mass is 10.0. The molecule has 2 amide bonds. The number of hydrogen-bond donors (Lipinski definition) is 3. The quantitative estimate of drug-likeness (QED) is 0.325. The van der Waals surface area contributed by atoms with Crippen molar-refractivity contribution in [2.45, 2.75) is 18.6 Å². The van der Waals surface area contributed by atoms with E-state index in [1.165, 1.54) is 23.0 Å². The van der Waals surface area contributed by atoms with Gasteiger partial charge in [0.1, 0.15) is 29.3 Å². The maximum Gasteiger partial charge on any atom is 0.272 e. The first kappa shape index (κ1) is 26.4. The van der Waals surface area contributed by atoms with Crippen LogP contribution in [-0.2, 0) is 0 Å². The molecule has 0 aliphatic carbocycles. The van der Waals surface area contributed by atoms with Gasteiger partial charge in [-0.3, -0.25) is 14.6 Å². The number of amides is 2. The maximum atomic E-state index is 14.7. The van der Waals surface area contributed by atoms with E-state index >= 15 is 0 Å². The predicted molar refractivity (Wildman–Crippen MR) is 140 cm³/mol. The van der Waals surface area contributed by atoms with Gasteiger partial charge in [0.2, 0.25) is 0 Å². The molecule has 0 bridgehead atoms. The summed E-state index contributed by atoms with van der Waals surface area (Å²) >= 11 is 6.18. The molecule has 5 rings (SSSR count). The Balaban J connectivity index is 1.47. The van der Waals surface area contributed by atoms with Gasteiger partial charge in [0.25, 0.3) is 11.8 Å². The number of nitrogens with one attached hydrogen (secondary N) is 3. The Labute approximate surface area is 226 Å². The van der Waals surface area contributed by atoms with E-state index in [0.29, 0.717) is 18.7 Å². The zero-order chi connectivity index (χ0) is 27.5. The highest BCUT2D eigenvalue weighted by atomic mass is 35.5. The van der Waals surface area contributed by atoms with Gasteiger partial charge in [-0.25, -0.2) is 17.9 Å². The Bertz CT molecular complexity index is 1530. The van der Waals surface area contributed by atoms with Gasteiger partial charge in [0, 0.05) is 24.4 Å². The smallest absolute Gasteiger partial charge is 0.272 e. The minimum Gasteiger partial charge on any atom is -0.345 e. The third kappa shape index (κ3) is 5.64. The number of benzene rings is 2. The second-order valence-corrected chi connectivity index (χ2v) is 9.26. The lowest BCUT2D eigenvalue weighted by Gasteiger charge is -2.27. The number of para-hydroxylation sites is 1. The van der Waals surface area contributed by atoms with Crippen molar-refractivity contribution in [2.24, 2.45) is 0 Å². The fourth-order valence-corrected chi connectivity index (χ4v) is 4.48. The number of rotatable bonds is 6. The van der Waals surface area contributed by atoms with Crippen LogP contribution < -0.4 is 16.0 Å². The number of carbonyl (C=O) groups excluding carboxylic acids is 2. The summed E-state index contributed by atoms with van der Waals surface area (Å²) in [6.45, 7) is 0.696. The zero-order valence-corrected chi connectivity index (χ0v) is 21.1. The molecule has 2 aromatic carbocycles. The van der Waals surface area contributed by atoms with E-state index in [-0.39, 0.29) is 39.9 Å². The molecule has 1 saturated heterocycles. The van der Waals surface area contributed by atoms with Crippen LogP contribution in [0.15, 0.2) is 66.9 Å². The van der Waals surface area contributed by atoms with E-state index in [4.69, 9.17) is 11.6 Å². The van der Waals surface area contributed by atoms with E-state index in [2.05, 4.69) is 26.0 Å². The summed E-state index contributed by atoms with van der Waals surface area (Å²) in [6.07, 6.45) is 0.460. The molecule has 1 fully saturated rings. The van der Waals surface area contributed by atoms with Crippen molar-refractivity contribution in [2.75, 3.05) is 18.4 Å². The van der Waals surface area contributed by atoms with Gasteiger partial charge >= 0.3 is 0 Å². The number of alkyl halides is 1. The SMILES string of the molecule is O=C(N[C@H]1CCNC[C@H]1F)c1cc(NC(=O)c2cc(-c3ncccc3F)c(F)cc2Cl)n(-c2ccccc2)n1. The number of pyridine rings is 1. The Morgan fingerprint density at radius 1 is 1.03 bits per heavy atom. The maximum absolute atomic E-state index is 14.7. The van der Waals surface area contributed by atoms with Crippen LogP contribution in [0.5, 0.6) is 0 Å². The molecular formula is C27H22ClF3N6O2. The van der Waals surface area contributed by atoms with E-state index < -0.39 is 35.7 Å². The number of nitrogens with zero attached hydrogens (tertiary/aromatic N) is 3. The van der Waals surface area contributed by atoms with Crippen LogP contribution in [0.2, 0.25) is 5.02 Å². The fraction of sp³-hybridized carbons (Fsp3) is 0.185. The third-order valence-corrected chi connectivity index (χ3v) is 6.54. The number of piperidine rings is 1. The summed E-state index contributed by atoms with van der Waals surface area (Å²) in [6, 6.07) is 13.8. The van der Waals surface area contributed by atoms with E-state index in [0.717, 1.165) is 18.2 Å². The van der Waals surface area contributed by atoms with Crippen molar-refractivity contribution in [1.82, 2.24) is 25.4 Å². The van der Waals surface area contributed by atoms with Crippen molar-refractivity contribution in [1.29, 1.82) is 0 Å². The summed E-state index contributed by atoms with van der Waals surface area (Å²) in [5.41, 5.74) is -0.208. The minimum atomic E-state index is -1.25. The lowest BCUT2D eigenvalue weighted by molar-refractivity contribution is 0.0886. The third-order valence-electron chi connectivity index (χ3n) is 6.22. The predicted octanol–water partition coefficient (Wildman–Crippen LogP) is 4.55. The Kier molecular flexibility index (Phi) is 7.62. The monoisotopic (exact) mass is 554 g/mol. The molecule has 200 valence electrons. The van der Waals surface area contributed by atoms with Crippen molar-refractivity contribution >= 4 is 29.2 Å². The summed E-state index contributed by atoms with van der Waals surface area (Å²) in [4.78, 5) is 30.1. The van der Waals surface area contributed by atoms with Gasteiger partial charge in [-0.2, -0.15) is 5.10 Å². The highest BCUT2D eigenvalue weighted by Gasteiger charge is 2.28. The number of hydrogen-bond acceptors (Lipinski definition) is 5. The average Bonchev–Trinajstić information content (AvgIpc) is 3.35. The van der Waals surface area contributed by atoms with Crippen LogP contribution >= 0.6 is 11.6 Å². The Morgan fingerprint density at radius 3 is 2.56 bits per heavy atom. The topological polar surface area (TPSA) is 101 Å². The van der Waals surface area contributed by atoms with Crippen LogP contribution in [0, 0.1) is 11.6 Å². The van der Waals surface area contributed by atoms with Gasteiger partial charge < -0.3 is 16.0 Å². The molecule has 0 spiro atoms. The molecule has 0 radical (unpaired) electrons. The van der Waals surface area contributed by atoms with Crippen molar-refractivity contribution in [3.8, 4) is 16.9 Å². The van der Waals surface area contributed by atoms with Crippen molar-refractivity contribution in [3.63, 3.8) is 0 Å². The molecular weight excluding hydrogens is 533 g/mol. The van der Waals surface area contributed by atoms with Crippen LogP contribution in [0.25, 0.3) is 16.9 Å². The Morgan fingerprint density at radius 2 is 1.82 bits per heavy atom. The molecule has 3 heterocycles. The molecule has 1 aliphatic heterocycles. The van der Waals surface area contributed by atoms with Gasteiger partial charge in [-0.15, -0.1) is 0 Å². The van der Waals surface area contributed by atoms with E-state index in [1.54, 1.807) is 30.3 Å². The normalized spacial score (nSPS) is 17.0. The number of anilines is 1. The number of halogens is 4. The molecule has 3 N–H and O–H groups in total. The molecule has 8 nitrogen and oxygen atoms in total. The first-order valence-electron chi connectivity index (χ1n) is 12.0. The molecule has 12 heteroatoms. The highest BCUT2D eigenvalue weighted by molar-refractivity contribution is 6.34. The molecule has 2 atom stereocenters. The van der Waals surface area contributed by atoms with Gasteiger partial charge in [0.05, 0.1) is 22.3 Å². The summed E-state index contributed by atoms with van der Waals surface area (Å²) < 4.78 is 44.6. The van der Waals surface area contributed by atoms with Crippen LogP contribution in [0.4, 0.5) is 19.0 Å². The van der Waals surface area contributed by atoms with Crippen molar-refractivity contribution in [3.05, 3.63) is 94.8 Å². The standard InChI is InChI=1S/C27H22ClF3N6O2/c28-18-12-20(30)17(25-19(29)7-4-9-33-25)11-16(18)26(38)35-24-13-23(36-37(24)15-5-2-1-3-6-15)27(39)34-22-8-10-32-14-21(22)31/h1-7,9,11-13,21-22,32H,8,10,14H2,(H,34,39)(H,35,38)/t21-,22+/m1/s1. The molecule has 0 unspecified atom stereocenters. The Hall–Kier alpha value is -4.22. The minimum absolute atomic E-state index is 0.0543. The first-order chi connectivity index (χ1) is 18.8. The molecule has 39 heavy (non-hydrogen) atoms. The van der Waals surface area contributed by atoms with Crippen LogP contribution in [0.3, 0.4) is 0 Å². The summed E-state index contributed by atoms with van der Waals surface area (Å²) in [7, 11) is 0. The van der Waals surface area contributed by atoms with Crippen molar-refractivity contribution < 1.29 is 22.8 Å². The highest BCUT2D eigenvalue weighted by Crippen LogP contribution is 2.30. The van der Waals surface area contributed by atoms with Gasteiger partial charge in [0.15, 0.2) is 5.69 Å². The molecule has 0 saturated carbocycles. The van der Waals surface area contributed by atoms with Crippen LogP contribution in [-0.4, -0.2) is 51.9 Å². The summed E-state index contributed by atoms with van der Waals surface area (Å²) in [5.74, 6) is -2.89. The van der Waals surface area contributed by atoms with E-state index in [1.807, 2.05) is 0 Å². The molecule has 4 aromatic rings. The second kappa shape index (κ2) is 11.3. The van der Waals surface area contributed by atoms with E-state index in [9.17, 15) is 22.8 Å². The molecule has 1 aliphatic rings. The largest absolute Gasteiger partial charge is 0.345 e.